The molecule has 0 saturated carbocycles. The zero-order valence-electron chi connectivity index (χ0n) is 6.95. The average molecular weight is 167 g/mol. The summed E-state index contributed by atoms with van der Waals surface area (Å²) in [5, 5.41) is 0. The van der Waals surface area contributed by atoms with Gasteiger partial charge in [0.2, 0.25) is 0 Å². The Hall–Kier alpha value is -0.500. The van der Waals surface area contributed by atoms with Crippen molar-refractivity contribution in [2.24, 2.45) is 4.99 Å². The van der Waals surface area contributed by atoms with E-state index >= 15 is 0 Å². The maximum absolute atomic E-state index is 4.15. The van der Waals surface area contributed by atoms with Crippen LogP contribution in [0.2, 0.25) is 0 Å². The molecule has 1 aliphatic rings. The molecule has 1 aliphatic heterocycles. The molecule has 1 heterocycles. The van der Waals surface area contributed by atoms with Gasteiger partial charge in [0.25, 0.3) is 0 Å². The summed E-state index contributed by atoms with van der Waals surface area (Å²) in [4.78, 5) is 4.15. The molecule has 0 aliphatic carbocycles. The minimum absolute atomic E-state index is 0.0955. The molecular weight excluding hydrogens is 154 g/mol. The van der Waals surface area contributed by atoms with Gasteiger partial charge in [-0.05, 0) is 18.8 Å². The van der Waals surface area contributed by atoms with Crippen molar-refractivity contribution in [3.8, 4) is 0 Å². The quantitative estimate of drug-likeness (QED) is 0.616. The zero-order valence-corrected chi connectivity index (χ0v) is 7.77. The summed E-state index contributed by atoms with van der Waals surface area (Å²) in [6, 6.07) is 0. The van der Waals surface area contributed by atoms with Crippen LogP contribution in [0.4, 0.5) is 0 Å². The third kappa shape index (κ3) is 2.54. The first-order valence-electron chi connectivity index (χ1n) is 3.79. The number of rotatable bonds is 2. The maximum Gasteiger partial charge on any atom is 0.0665 e. The van der Waals surface area contributed by atoms with Gasteiger partial charge in [-0.3, -0.25) is 4.99 Å². The van der Waals surface area contributed by atoms with E-state index in [0.29, 0.717) is 0 Å². The number of hydrogen-bond acceptors (Lipinski definition) is 2. The third-order valence-corrected chi connectivity index (χ3v) is 2.65. The van der Waals surface area contributed by atoms with Crippen LogP contribution < -0.4 is 0 Å². The minimum atomic E-state index is 0.0955. The van der Waals surface area contributed by atoms with Gasteiger partial charge in [0.15, 0.2) is 0 Å². The monoisotopic (exact) mass is 167 g/mol. The minimum Gasteiger partial charge on any atom is -0.267 e. The normalized spacial score (nSPS) is 28.9. The van der Waals surface area contributed by atoms with E-state index in [1.807, 2.05) is 30.3 Å². The fourth-order valence-electron chi connectivity index (χ4n) is 0.976. The standard InChI is InChI=1S/C9H13NS/c1-3-11-9(2)6-4-5-7-10-8-9/h4-8H,3H2,1-2H3. The first-order valence-corrected chi connectivity index (χ1v) is 4.78. The molecule has 0 aromatic carbocycles. The SMILES string of the molecule is CCSC1(C)C=CC=CN=C1. The summed E-state index contributed by atoms with van der Waals surface area (Å²) in [5.41, 5.74) is 0. The fourth-order valence-corrected chi connectivity index (χ4v) is 1.91. The Kier molecular flexibility index (Phi) is 2.94. The number of nitrogens with zero attached hydrogens (tertiary/aromatic N) is 1. The predicted octanol–water partition coefficient (Wildman–Crippen LogP) is 2.65. The van der Waals surface area contributed by atoms with Crippen LogP contribution in [0.5, 0.6) is 0 Å². The molecule has 0 fully saturated rings. The molecule has 60 valence electrons. The van der Waals surface area contributed by atoms with Crippen molar-refractivity contribution in [1.82, 2.24) is 0 Å². The van der Waals surface area contributed by atoms with Crippen molar-refractivity contribution in [1.29, 1.82) is 0 Å². The summed E-state index contributed by atoms with van der Waals surface area (Å²) in [5.74, 6) is 1.12. The van der Waals surface area contributed by atoms with Crippen molar-refractivity contribution in [3.63, 3.8) is 0 Å². The van der Waals surface area contributed by atoms with Crippen LogP contribution in [0.3, 0.4) is 0 Å². The van der Waals surface area contributed by atoms with Gasteiger partial charge in [0, 0.05) is 12.4 Å². The Morgan fingerprint density at radius 2 is 2.27 bits per heavy atom. The van der Waals surface area contributed by atoms with E-state index in [0.717, 1.165) is 5.75 Å². The second kappa shape index (κ2) is 3.77. The number of hydrogen-bond donors (Lipinski definition) is 0. The largest absolute Gasteiger partial charge is 0.267 e. The lowest BCUT2D eigenvalue weighted by Gasteiger charge is -2.17. The first kappa shape index (κ1) is 8.60. The Labute approximate surface area is 72.3 Å². The lowest BCUT2D eigenvalue weighted by atomic mass is 10.2. The molecule has 1 unspecified atom stereocenters. The molecule has 0 aromatic heterocycles. The molecule has 1 rings (SSSR count). The second-order valence-electron chi connectivity index (χ2n) is 2.60. The van der Waals surface area contributed by atoms with Crippen molar-refractivity contribution in [2.45, 2.75) is 18.6 Å². The van der Waals surface area contributed by atoms with Gasteiger partial charge in [-0.15, -0.1) is 11.8 Å². The van der Waals surface area contributed by atoms with Gasteiger partial charge in [0.1, 0.15) is 0 Å². The van der Waals surface area contributed by atoms with Crippen LogP contribution in [0.15, 0.2) is 29.4 Å². The lowest BCUT2D eigenvalue weighted by Crippen LogP contribution is -2.18. The highest BCUT2D eigenvalue weighted by molar-refractivity contribution is 8.01. The Morgan fingerprint density at radius 3 is 3.00 bits per heavy atom. The van der Waals surface area contributed by atoms with E-state index in [2.05, 4.69) is 31.0 Å². The molecule has 1 atom stereocenters. The summed E-state index contributed by atoms with van der Waals surface area (Å²) in [6.07, 6.45) is 9.99. The first-order chi connectivity index (χ1) is 5.27. The molecule has 2 heteroatoms. The molecule has 0 aromatic rings. The smallest absolute Gasteiger partial charge is 0.0665 e. The van der Waals surface area contributed by atoms with Crippen molar-refractivity contribution in [3.05, 3.63) is 24.4 Å². The van der Waals surface area contributed by atoms with Gasteiger partial charge < -0.3 is 0 Å². The molecular formula is C9H13NS. The Morgan fingerprint density at radius 1 is 1.45 bits per heavy atom. The van der Waals surface area contributed by atoms with E-state index in [9.17, 15) is 0 Å². The third-order valence-electron chi connectivity index (χ3n) is 1.50. The number of thioether (sulfide) groups is 1. The Balaban J connectivity index is 2.70. The summed E-state index contributed by atoms with van der Waals surface area (Å²) < 4.78 is 0.0955. The molecule has 0 saturated heterocycles. The van der Waals surface area contributed by atoms with Gasteiger partial charge >= 0.3 is 0 Å². The fraction of sp³-hybridized carbons (Fsp3) is 0.444. The zero-order chi connectivity index (χ0) is 8.16. The van der Waals surface area contributed by atoms with Crippen molar-refractivity contribution < 1.29 is 0 Å². The molecule has 0 radical (unpaired) electrons. The summed E-state index contributed by atoms with van der Waals surface area (Å²) >= 11 is 1.89. The molecule has 11 heavy (non-hydrogen) atoms. The molecule has 0 N–H and O–H groups in total. The second-order valence-corrected chi connectivity index (χ2v) is 4.34. The molecule has 1 nitrogen and oxygen atoms in total. The van der Waals surface area contributed by atoms with Crippen LogP contribution in [0, 0.1) is 0 Å². The average Bonchev–Trinajstić information content (AvgIpc) is 2.15. The van der Waals surface area contributed by atoms with E-state index in [1.54, 1.807) is 0 Å². The van der Waals surface area contributed by atoms with Crippen LogP contribution in [-0.4, -0.2) is 16.7 Å². The molecule has 0 bridgehead atoms. The highest BCUT2D eigenvalue weighted by Gasteiger charge is 2.17. The van der Waals surface area contributed by atoms with Gasteiger partial charge in [-0.25, -0.2) is 0 Å². The number of allylic oxidation sites excluding steroid dienone is 2. The van der Waals surface area contributed by atoms with E-state index in [-0.39, 0.29) is 4.75 Å². The van der Waals surface area contributed by atoms with Crippen LogP contribution in [0.25, 0.3) is 0 Å². The molecule has 0 spiro atoms. The highest BCUT2D eigenvalue weighted by atomic mass is 32.2. The summed E-state index contributed by atoms with van der Waals surface area (Å²) in [6.45, 7) is 4.34. The van der Waals surface area contributed by atoms with Gasteiger partial charge in [-0.1, -0.05) is 19.1 Å². The van der Waals surface area contributed by atoms with Crippen LogP contribution in [0.1, 0.15) is 13.8 Å². The van der Waals surface area contributed by atoms with Gasteiger partial charge in [0.05, 0.1) is 4.75 Å². The van der Waals surface area contributed by atoms with Crippen LogP contribution in [-0.2, 0) is 0 Å². The lowest BCUT2D eigenvalue weighted by molar-refractivity contribution is 1.09. The van der Waals surface area contributed by atoms with Crippen molar-refractivity contribution >= 4 is 18.0 Å². The van der Waals surface area contributed by atoms with E-state index in [1.165, 1.54) is 0 Å². The molecule has 0 amide bonds. The Bertz CT molecular complexity index is 188. The van der Waals surface area contributed by atoms with Crippen LogP contribution >= 0.6 is 11.8 Å². The summed E-state index contributed by atoms with van der Waals surface area (Å²) in [7, 11) is 0. The predicted molar refractivity (Wildman–Crippen MR) is 53.3 cm³/mol. The highest BCUT2D eigenvalue weighted by Crippen LogP contribution is 2.25. The maximum atomic E-state index is 4.15. The van der Waals surface area contributed by atoms with Crippen molar-refractivity contribution in [2.75, 3.05) is 5.75 Å². The van der Waals surface area contributed by atoms with E-state index < -0.39 is 0 Å². The number of aliphatic imine (C=N–C) groups is 1. The topological polar surface area (TPSA) is 12.4 Å². The van der Waals surface area contributed by atoms with Gasteiger partial charge in [-0.2, -0.15) is 0 Å². The van der Waals surface area contributed by atoms with E-state index in [4.69, 9.17) is 0 Å².